The van der Waals surface area contributed by atoms with E-state index in [0.717, 1.165) is 38.5 Å². The standard InChI is InChI=1S/C20H30O4/c1-5-6-7-18(21)23-12(2)8-9-15-16-10-14-13(3)19(22)24-17(14)11-20(15,16)4/h12,14-17H,3,5-11H2,1-2,4H3/t12?,14-,15?,16+,17-,20-/m1/s1. The fourth-order valence-corrected chi connectivity index (χ4v) is 4.96. The normalized spacial score (nSPS) is 38.1. The molecule has 1 saturated heterocycles. The maximum atomic E-state index is 11.7. The van der Waals surface area contributed by atoms with E-state index in [2.05, 4.69) is 20.4 Å². The summed E-state index contributed by atoms with van der Waals surface area (Å²) in [6, 6.07) is 0. The van der Waals surface area contributed by atoms with Crippen LogP contribution in [0.1, 0.15) is 65.7 Å². The van der Waals surface area contributed by atoms with Gasteiger partial charge in [0.1, 0.15) is 6.10 Å². The molecule has 3 fully saturated rings. The average Bonchev–Trinajstić information content (AvgIpc) is 3.01. The Bertz CT molecular complexity index is 540. The summed E-state index contributed by atoms with van der Waals surface area (Å²) >= 11 is 0. The van der Waals surface area contributed by atoms with Gasteiger partial charge in [-0.25, -0.2) is 4.79 Å². The molecule has 0 radical (unpaired) electrons. The Kier molecular flexibility index (Phi) is 4.76. The zero-order valence-electron chi connectivity index (χ0n) is 15.2. The first-order valence-corrected chi connectivity index (χ1v) is 9.46. The zero-order chi connectivity index (χ0) is 17.5. The first-order valence-electron chi connectivity index (χ1n) is 9.46. The monoisotopic (exact) mass is 334 g/mol. The summed E-state index contributed by atoms with van der Waals surface area (Å²) in [6.07, 6.45) is 6.48. The van der Waals surface area contributed by atoms with Crippen molar-refractivity contribution in [3.8, 4) is 0 Å². The quantitative estimate of drug-likeness (QED) is 0.521. The summed E-state index contributed by atoms with van der Waals surface area (Å²) in [4.78, 5) is 23.4. The molecule has 6 atom stereocenters. The summed E-state index contributed by atoms with van der Waals surface area (Å²) in [5.41, 5.74) is 0.962. The van der Waals surface area contributed by atoms with Crippen molar-refractivity contribution in [2.24, 2.45) is 23.2 Å². The molecular formula is C20H30O4. The number of rotatable bonds is 7. The molecule has 4 heteroatoms. The Morgan fingerprint density at radius 1 is 1.50 bits per heavy atom. The highest BCUT2D eigenvalue weighted by Crippen LogP contribution is 2.70. The van der Waals surface area contributed by atoms with E-state index in [0.29, 0.717) is 23.8 Å². The van der Waals surface area contributed by atoms with Gasteiger partial charge in [-0.05, 0) is 56.3 Å². The Hall–Kier alpha value is -1.32. The van der Waals surface area contributed by atoms with Gasteiger partial charge in [-0.1, -0.05) is 26.8 Å². The third-order valence-electron chi connectivity index (χ3n) is 6.59. The first-order chi connectivity index (χ1) is 11.4. The molecule has 0 N–H and O–H groups in total. The largest absolute Gasteiger partial charge is 0.463 e. The van der Waals surface area contributed by atoms with Gasteiger partial charge in [0.25, 0.3) is 0 Å². The van der Waals surface area contributed by atoms with Gasteiger partial charge < -0.3 is 9.47 Å². The predicted molar refractivity (Wildman–Crippen MR) is 91.1 cm³/mol. The number of esters is 2. The Morgan fingerprint density at radius 2 is 2.25 bits per heavy atom. The molecule has 134 valence electrons. The molecule has 2 unspecified atom stereocenters. The van der Waals surface area contributed by atoms with Crippen molar-refractivity contribution in [2.75, 3.05) is 0 Å². The van der Waals surface area contributed by atoms with Crippen molar-refractivity contribution in [3.63, 3.8) is 0 Å². The van der Waals surface area contributed by atoms with Crippen LogP contribution < -0.4 is 0 Å². The molecule has 0 spiro atoms. The van der Waals surface area contributed by atoms with Crippen LogP contribution in [0.2, 0.25) is 0 Å². The van der Waals surface area contributed by atoms with Crippen molar-refractivity contribution in [3.05, 3.63) is 12.2 Å². The molecule has 1 heterocycles. The Labute approximate surface area is 145 Å². The van der Waals surface area contributed by atoms with E-state index in [9.17, 15) is 9.59 Å². The highest BCUT2D eigenvalue weighted by molar-refractivity contribution is 5.90. The second-order valence-electron chi connectivity index (χ2n) is 8.22. The lowest BCUT2D eigenvalue weighted by Gasteiger charge is -2.27. The van der Waals surface area contributed by atoms with Crippen molar-refractivity contribution in [1.82, 2.24) is 0 Å². The summed E-state index contributed by atoms with van der Waals surface area (Å²) in [7, 11) is 0. The molecule has 3 aliphatic rings. The third kappa shape index (κ3) is 3.12. The maximum Gasteiger partial charge on any atom is 0.334 e. The van der Waals surface area contributed by atoms with Crippen molar-refractivity contribution in [1.29, 1.82) is 0 Å². The van der Waals surface area contributed by atoms with E-state index in [1.807, 2.05) is 6.92 Å². The van der Waals surface area contributed by atoms with Gasteiger partial charge in [-0.3, -0.25) is 4.79 Å². The maximum absolute atomic E-state index is 11.7. The van der Waals surface area contributed by atoms with Gasteiger partial charge in [0.15, 0.2) is 0 Å². The van der Waals surface area contributed by atoms with Crippen molar-refractivity contribution >= 4 is 11.9 Å². The van der Waals surface area contributed by atoms with E-state index in [1.54, 1.807) is 0 Å². The number of hydrogen-bond acceptors (Lipinski definition) is 4. The van der Waals surface area contributed by atoms with E-state index in [4.69, 9.17) is 9.47 Å². The fourth-order valence-electron chi connectivity index (χ4n) is 4.96. The molecule has 2 saturated carbocycles. The molecule has 0 aromatic carbocycles. The number of carbonyl (C=O) groups excluding carboxylic acids is 2. The van der Waals surface area contributed by atoms with E-state index in [1.165, 1.54) is 0 Å². The minimum absolute atomic E-state index is 0.00657. The van der Waals surface area contributed by atoms with Crippen molar-refractivity contribution in [2.45, 2.75) is 77.9 Å². The van der Waals surface area contributed by atoms with Gasteiger partial charge in [-0.15, -0.1) is 0 Å². The Morgan fingerprint density at radius 3 is 2.96 bits per heavy atom. The lowest BCUT2D eigenvalue weighted by Crippen LogP contribution is -2.26. The summed E-state index contributed by atoms with van der Waals surface area (Å²) in [5, 5.41) is 0. The second kappa shape index (κ2) is 6.53. The van der Waals surface area contributed by atoms with Crippen LogP contribution in [0.3, 0.4) is 0 Å². The highest BCUT2D eigenvalue weighted by atomic mass is 16.6. The smallest absolute Gasteiger partial charge is 0.334 e. The lowest BCUT2D eigenvalue weighted by molar-refractivity contribution is -0.148. The van der Waals surface area contributed by atoms with E-state index in [-0.39, 0.29) is 35.5 Å². The third-order valence-corrected chi connectivity index (χ3v) is 6.59. The van der Waals surface area contributed by atoms with Crippen LogP contribution in [-0.2, 0) is 19.1 Å². The average molecular weight is 334 g/mol. The lowest BCUT2D eigenvalue weighted by atomic mass is 9.79. The summed E-state index contributed by atoms with van der Waals surface area (Å²) < 4.78 is 11.0. The molecule has 4 nitrogen and oxygen atoms in total. The molecule has 1 aliphatic heterocycles. The van der Waals surface area contributed by atoms with Crippen LogP contribution in [0.5, 0.6) is 0 Å². The number of ether oxygens (including phenoxy) is 2. The molecular weight excluding hydrogens is 304 g/mol. The molecule has 0 amide bonds. The van der Waals surface area contributed by atoms with Gasteiger partial charge in [0.05, 0.1) is 6.10 Å². The van der Waals surface area contributed by atoms with Gasteiger partial charge >= 0.3 is 11.9 Å². The minimum Gasteiger partial charge on any atom is -0.463 e. The number of fused-ring (bicyclic) bond motifs is 2. The number of hydrogen-bond donors (Lipinski definition) is 0. The minimum atomic E-state index is -0.195. The zero-order valence-corrected chi connectivity index (χ0v) is 15.2. The van der Waals surface area contributed by atoms with E-state index >= 15 is 0 Å². The van der Waals surface area contributed by atoms with Crippen LogP contribution in [0.25, 0.3) is 0 Å². The highest BCUT2D eigenvalue weighted by Gasteiger charge is 2.66. The van der Waals surface area contributed by atoms with Crippen LogP contribution in [0.4, 0.5) is 0 Å². The SMILES string of the molecule is C=C1C(=O)O[C@@H]2C[C@]3(C)C(CCC(C)OC(=O)CCCC)[C@@H]3C[C@H]12. The Balaban J connectivity index is 1.46. The summed E-state index contributed by atoms with van der Waals surface area (Å²) in [5.74, 6) is 1.28. The molecule has 0 aromatic heterocycles. The van der Waals surface area contributed by atoms with Gasteiger partial charge in [0.2, 0.25) is 0 Å². The molecule has 3 rings (SSSR count). The van der Waals surface area contributed by atoms with Crippen LogP contribution >= 0.6 is 0 Å². The number of unbranched alkanes of at least 4 members (excludes halogenated alkanes) is 1. The molecule has 0 aromatic rings. The molecule has 2 aliphatic carbocycles. The number of carbonyl (C=O) groups is 2. The second-order valence-corrected chi connectivity index (χ2v) is 8.22. The first kappa shape index (κ1) is 17.5. The topological polar surface area (TPSA) is 52.6 Å². The fraction of sp³-hybridized carbons (Fsp3) is 0.800. The van der Waals surface area contributed by atoms with Crippen LogP contribution in [0.15, 0.2) is 12.2 Å². The van der Waals surface area contributed by atoms with Crippen LogP contribution in [-0.4, -0.2) is 24.1 Å². The molecule has 24 heavy (non-hydrogen) atoms. The van der Waals surface area contributed by atoms with Crippen molar-refractivity contribution < 1.29 is 19.1 Å². The van der Waals surface area contributed by atoms with Gasteiger partial charge in [-0.2, -0.15) is 0 Å². The van der Waals surface area contributed by atoms with Crippen LogP contribution in [0, 0.1) is 23.2 Å². The van der Waals surface area contributed by atoms with E-state index < -0.39 is 0 Å². The predicted octanol–water partition coefficient (Wildman–Crippen LogP) is 4.03. The molecule has 0 bridgehead atoms. The summed E-state index contributed by atoms with van der Waals surface area (Å²) in [6.45, 7) is 10.3. The van der Waals surface area contributed by atoms with Gasteiger partial charge in [0, 0.05) is 17.9 Å².